The lowest BCUT2D eigenvalue weighted by molar-refractivity contribution is -0.150. The van der Waals surface area contributed by atoms with Crippen LogP contribution in [0.5, 0.6) is 0 Å². The van der Waals surface area contributed by atoms with Gasteiger partial charge in [-0.2, -0.15) is 0 Å². The molecule has 0 aromatic rings. The summed E-state index contributed by atoms with van der Waals surface area (Å²) in [5.74, 6) is -0.615. The molecule has 0 saturated carbocycles. The molecule has 0 saturated heterocycles. The van der Waals surface area contributed by atoms with Crippen molar-refractivity contribution < 1.29 is 19.1 Å². The molecule has 5 heteroatoms. The van der Waals surface area contributed by atoms with Crippen molar-refractivity contribution in [2.45, 2.75) is 40.2 Å². The number of ether oxygens (including phenoxy) is 2. The standard InChI is InChI=1S/C12H23NO4/c1-5-7-13(8-11(14)16-6-2)9-12(15)17-10(3)4/h10H,5-9H2,1-4H3. The van der Waals surface area contributed by atoms with Crippen molar-refractivity contribution in [3.63, 3.8) is 0 Å². The first-order valence-corrected chi connectivity index (χ1v) is 6.07. The maximum atomic E-state index is 11.5. The summed E-state index contributed by atoms with van der Waals surface area (Å²) >= 11 is 0. The van der Waals surface area contributed by atoms with Crippen molar-refractivity contribution in [2.24, 2.45) is 0 Å². The van der Waals surface area contributed by atoms with Gasteiger partial charge in [0, 0.05) is 0 Å². The molecule has 100 valence electrons. The smallest absolute Gasteiger partial charge is 0.320 e. The van der Waals surface area contributed by atoms with Gasteiger partial charge < -0.3 is 9.47 Å². The van der Waals surface area contributed by atoms with Gasteiger partial charge in [0.2, 0.25) is 0 Å². The Bertz CT molecular complexity index is 241. The van der Waals surface area contributed by atoms with Crippen molar-refractivity contribution in [2.75, 3.05) is 26.2 Å². The Hall–Kier alpha value is -1.10. The summed E-state index contributed by atoms with van der Waals surface area (Å²) in [6.45, 7) is 8.64. The number of hydrogen-bond acceptors (Lipinski definition) is 5. The lowest BCUT2D eigenvalue weighted by Gasteiger charge is -2.20. The fourth-order valence-corrected chi connectivity index (χ4v) is 1.40. The Labute approximate surface area is 103 Å². The molecule has 0 N–H and O–H groups in total. The zero-order valence-corrected chi connectivity index (χ0v) is 11.2. The second kappa shape index (κ2) is 8.98. The van der Waals surface area contributed by atoms with Gasteiger partial charge in [-0.05, 0) is 33.7 Å². The van der Waals surface area contributed by atoms with E-state index in [-0.39, 0.29) is 31.1 Å². The number of esters is 2. The molecule has 0 amide bonds. The van der Waals surface area contributed by atoms with Crippen LogP contribution in [0.4, 0.5) is 0 Å². The average molecular weight is 245 g/mol. The molecule has 0 aliphatic rings. The summed E-state index contributed by atoms with van der Waals surface area (Å²) in [6, 6.07) is 0. The zero-order valence-electron chi connectivity index (χ0n) is 11.2. The van der Waals surface area contributed by atoms with E-state index in [9.17, 15) is 9.59 Å². The summed E-state index contributed by atoms with van der Waals surface area (Å²) in [5, 5.41) is 0. The third-order valence-corrected chi connectivity index (χ3v) is 1.92. The lowest BCUT2D eigenvalue weighted by atomic mass is 10.4. The van der Waals surface area contributed by atoms with Crippen molar-refractivity contribution in [3.05, 3.63) is 0 Å². The Balaban J connectivity index is 4.13. The van der Waals surface area contributed by atoms with E-state index in [1.54, 1.807) is 25.7 Å². The van der Waals surface area contributed by atoms with E-state index in [1.807, 2.05) is 6.92 Å². The van der Waals surface area contributed by atoms with Gasteiger partial charge in [0.1, 0.15) is 0 Å². The Morgan fingerprint density at radius 3 is 2.18 bits per heavy atom. The molecule has 0 heterocycles. The largest absolute Gasteiger partial charge is 0.465 e. The van der Waals surface area contributed by atoms with E-state index in [0.717, 1.165) is 6.42 Å². The first-order valence-electron chi connectivity index (χ1n) is 6.07. The van der Waals surface area contributed by atoms with Crippen LogP contribution in [0, 0.1) is 0 Å². The molecule has 0 aromatic heterocycles. The van der Waals surface area contributed by atoms with Crippen molar-refractivity contribution in [1.82, 2.24) is 4.90 Å². The van der Waals surface area contributed by atoms with E-state index in [0.29, 0.717) is 13.2 Å². The van der Waals surface area contributed by atoms with Gasteiger partial charge in [-0.3, -0.25) is 14.5 Å². The van der Waals surface area contributed by atoms with Crippen molar-refractivity contribution >= 4 is 11.9 Å². The fourth-order valence-electron chi connectivity index (χ4n) is 1.40. The van der Waals surface area contributed by atoms with Crippen LogP contribution in [0.2, 0.25) is 0 Å². The van der Waals surface area contributed by atoms with Crippen LogP contribution in [0.15, 0.2) is 0 Å². The summed E-state index contributed by atoms with van der Waals surface area (Å²) in [4.78, 5) is 24.5. The molecule has 0 unspecified atom stereocenters. The Morgan fingerprint density at radius 1 is 1.12 bits per heavy atom. The van der Waals surface area contributed by atoms with Gasteiger partial charge in [0.15, 0.2) is 0 Å². The second-order valence-corrected chi connectivity index (χ2v) is 4.05. The number of carbonyl (C=O) groups is 2. The highest BCUT2D eigenvalue weighted by Gasteiger charge is 2.16. The molecule has 5 nitrogen and oxygen atoms in total. The lowest BCUT2D eigenvalue weighted by Crippen LogP contribution is -2.37. The van der Waals surface area contributed by atoms with Gasteiger partial charge in [-0.1, -0.05) is 6.92 Å². The molecular weight excluding hydrogens is 222 g/mol. The minimum absolute atomic E-state index is 0.130. The molecule has 0 fully saturated rings. The van der Waals surface area contributed by atoms with Crippen LogP contribution in [-0.2, 0) is 19.1 Å². The summed E-state index contributed by atoms with van der Waals surface area (Å²) < 4.78 is 9.88. The molecule has 17 heavy (non-hydrogen) atoms. The highest BCUT2D eigenvalue weighted by Crippen LogP contribution is 1.97. The predicted octanol–water partition coefficient (Wildman–Crippen LogP) is 1.21. The van der Waals surface area contributed by atoms with Crippen LogP contribution < -0.4 is 0 Å². The molecular formula is C12H23NO4. The molecule has 0 bridgehead atoms. The molecule has 0 aliphatic carbocycles. The van der Waals surface area contributed by atoms with Gasteiger partial charge in [-0.25, -0.2) is 0 Å². The predicted molar refractivity (Wildman–Crippen MR) is 64.6 cm³/mol. The van der Waals surface area contributed by atoms with E-state index < -0.39 is 0 Å². The molecule has 0 spiro atoms. The Kier molecular flexibility index (Phi) is 8.40. The van der Waals surface area contributed by atoms with Gasteiger partial charge in [0.05, 0.1) is 25.8 Å². The molecule has 0 aliphatic heterocycles. The minimum atomic E-state index is -0.308. The number of hydrogen-bond donors (Lipinski definition) is 0. The van der Waals surface area contributed by atoms with E-state index in [2.05, 4.69) is 0 Å². The average Bonchev–Trinajstić information content (AvgIpc) is 2.16. The number of nitrogens with zero attached hydrogens (tertiary/aromatic N) is 1. The second-order valence-electron chi connectivity index (χ2n) is 4.05. The summed E-state index contributed by atoms with van der Waals surface area (Å²) in [7, 11) is 0. The first-order chi connectivity index (χ1) is 7.99. The van der Waals surface area contributed by atoms with Crippen LogP contribution >= 0.6 is 0 Å². The fraction of sp³-hybridized carbons (Fsp3) is 0.833. The van der Waals surface area contributed by atoms with Gasteiger partial charge in [-0.15, -0.1) is 0 Å². The van der Waals surface area contributed by atoms with Gasteiger partial charge >= 0.3 is 11.9 Å². The molecule has 0 aromatic carbocycles. The quantitative estimate of drug-likeness (QED) is 0.602. The third kappa shape index (κ3) is 8.68. The highest BCUT2D eigenvalue weighted by molar-refractivity contribution is 5.75. The molecule has 0 atom stereocenters. The summed E-state index contributed by atoms with van der Waals surface area (Å²) in [5.41, 5.74) is 0. The summed E-state index contributed by atoms with van der Waals surface area (Å²) in [6.07, 6.45) is 0.738. The molecule has 0 rings (SSSR count). The van der Waals surface area contributed by atoms with Crippen LogP contribution in [-0.4, -0.2) is 49.2 Å². The SMILES string of the molecule is CCCN(CC(=O)OCC)CC(=O)OC(C)C. The minimum Gasteiger partial charge on any atom is -0.465 e. The third-order valence-electron chi connectivity index (χ3n) is 1.92. The van der Waals surface area contributed by atoms with Crippen molar-refractivity contribution in [3.8, 4) is 0 Å². The highest BCUT2D eigenvalue weighted by atomic mass is 16.5. The maximum absolute atomic E-state index is 11.5. The normalized spacial score (nSPS) is 10.7. The number of carbonyl (C=O) groups excluding carboxylic acids is 2. The van der Waals surface area contributed by atoms with E-state index in [1.165, 1.54) is 0 Å². The molecule has 0 radical (unpaired) electrons. The topological polar surface area (TPSA) is 55.8 Å². The first kappa shape index (κ1) is 15.9. The van der Waals surface area contributed by atoms with E-state index >= 15 is 0 Å². The van der Waals surface area contributed by atoms with Crippen LogP contribution in [0.25, 0.3) is 0 Å². The maximum Gasteiger partial charge on any atom is 0.320 e. The van der Waals surface area contributed by atoms with Gasteiger partial charge in [0.25, 0.3) is 0 Å². The Morgan fingerprint density at radius 2 is 1.71 bits per heavy atom. The van der Waals surface area contributed by atoms with Crippen LogP contribution in [0.1, 0.15) is 34.1 Å². The van der Waals surface area contributed by atoms with E-state index in [4.69, 9.17) is 9.47 Å². The monoisotopic (exact) mass is 245 g/mol. The number of rotatable bonds is 8. The zero-order chi connectivity index (χ0) is 13.3. The van der Waals surface area contributed by atoms with Crippen molar-refractivity contribution in [1.29, 1.82) is 0 Å². The van der Waals surface area contributed by atoms with Crippen LogP contribution in [0.3, 0.4) is 0 Å².